The fourth-order valence-electron chi connectivity index (χ4n) is 5.46. The summed E-state index contributed by atoms with van der Waals surface area (Å²) in [6.07, 6.45) is 0. The van der Waals surface area contributed by atoms with Gasteiger partial charge in [0.1, 0.15) is 23.0 Å². The Morgan fingerprint density at radius 2 is 1.73 bits per heavy atom. The average molecular weight is 550 g/mol. The normalized spacial score (nSPS) is 17.9. The number of pyridine rings is 1. The molecule has 0 bridgehead atoms. The van der Waals surface area contributed by atoms with Crippen LogP contribution in [0.1, 0.15) is 70.2 Å². The molecule has 2 aliphatic rings. The molecule has 1 fully saturated rings. The summed E-state index contributed by atoms with van der Waals surface area (Å²) in [6, 6.07) is 8.95. The van der Waals surface area contributed by atoms with Crippen molar-refractivity contribution in [3.05, 3.63) is 64.4 Å². The molecule has 9 heteroatoms. The van der Waals surface area contributed by atoms with E-state index in [4.69, 9.17) is 9.72 Å². The first kappa shape index (κ1) is 29.2. The van der Waals surface area contributed by atoms with E-state index in [0.717, 1.165) is 22.6 Å². The van der Waals surface area contributed by atoms with Gasteiger partial charge in [0.15, 0.2) is 0 Å². The Morgan fingerprint density at radius 3 is 2.33 bits per heavy atom. The molecule has 1 amide bonds. The SMILES string of the molecule is COC(=O)C(N=C(C)N1CCN(C(=O)c2ccc3c(n2)C(C)(C)CN3c2ccc(C)c(F)c2)C(C)(C)C1)=C(C)C. The summed E-state index contributed by atoms with van der Waals surface area (Å²) in [4.78, 5) is 41.5. The van der Waals surface area contributed by atoms with E-state index in [1.54, 1.807) is 25.1 Å². The minimum absolute atomic E-state index is 0.128. The molecule has 0 unspecified atom stereocenters. The number of hydrogen-bond donors (Lipinski definition) is 0. The molecule has 40 heavy (non-hydrogen) atoms. The van der Waals surface area contributed by atoms with Gasteiger partial charge in [-0.2, -0.15) is 0 Å². The molecule has 3 heterocycles. The number of hydrogen-bond acceptors (Lipinski definition) is 6. The van der Waals surface area contributed by atoms with Crippen LogP contribution in [0.3, 0.4) is 0 Å². The molecule has 1 aromatic carbocycles. The summed E-state index contributed by atoms with van der Waals surface area (Å²) in [5, 5.41) is 0. The van der Waals surface area contributed by atoms with E-state index < -0.39 is 11.5 Å². The molecular formula is C31H40FN5O3. The van der Waals surface area contributed by atoms with Gasteiger partial charge in [0.05, 0.1) is 24.0 Å². The zero-order valence-corrected chi connectivity index (χ0v) is 25.1. The summed E-state index contributed by atoms with van der Waals surface area (Å²) < 4.78 is 19.2. The van der Waals surface area contributed by atoms with Crippen LogP contribution in [-0.4, -0.2) is 71.3 Å². The maximum Gasteiger partial charge on any atom is 0.356 e. The number of amides is 1. The van der Waals surface area contributed by atoms with Crippen molar-refractivity contribution in [2.45, 2.75) is 66.3 Å². The Kier molecular flexibility index (Phi) is 7.80. The van der Waals surface area contributed by atoms with Gasteiger partial charge in [-0.1, -0.05) is 19.9 Å². The molecule has 0 saturated carbocycles. The lowest BCUT2D eigenvalue weighted by Gasteiger charge is -2.47. The molecule has 0 aliphatic carbocycles. The number of ether oxygens (including phenoxy) is 1. The number of nitrogens with zero attached hydrogens (tertiary/aromatic N) is 5. The number of anilines is 2. The molecule has 8 nitrogen and oxygen atoms in total. The van der Waals surface area contributed by atoms with Crippen molar-refractivity contribution in [2.75, 3.05) is 38.2 Å². The number of fused-ring (bicyclic) bond motifs is 1. The van der Waals surface area contributed by atoms with Gasteiger partial charge in [0.2, 0.25) is 0 Å². The number of esters is 1. The quantitative estimate of drug-likeness (QED) is 0.221. The summed E-state index contributed by atoms with van der Waals surface area (Å²) in [7, 11) is 1.34. The maximum absolute atomic E-state index is 14.4. The summed E-state index contributed by atoms with van der Waals surface area (Å²) >= 11 is 0. The molecule has 0 radical (unpaired) electrons. The van der Waals surface area contributed by atoms with Crippen LogP contribution in [0.2, 0.25) is 0 Å². The fraction of sp³-hybridized carbons (Fsp3) is 0.484. The molecule has 0 N–H and O–H groups in total. The summed E-state index contributed by atoms with van der Waals surface area (Å²) in [5.74, 6) is -0.138. The first-order valence-electron chi connectivity index (χ1n) is 13.6. The minimum atomic E-state index is -0.510. The monoisotopic (exact) mass is 549 g/mol. The third-order valence-electron chi connectivity index (χ3n) is 7.78. The zero-order chi connectivity index (χ0) is 29.6. The molecule has 0 atom stereocenters. The summed E-state index contributed by atoms with van der Waals surface area (Å²) in [5.41, 5.74) is 3.73. The number of aromatic nitrogens is 1. The Bertz CT molecular complexity index is 1410. The number of carbonyl (C=O) groups excluding carboxylic acids is 2. The highest BCUT2D eigenvalue weighted by Gasteiger charge is 2.41. The second kappa shape index (κ2) is 10.7. The van der Waals surface area contributed by atoms with Gasteiger partial charge in [0.25, 0.3) is 5.91 Å². The van der Waals surface area contributed by atoms with E-state index in [1.807, 2.05) is 51.7 Å². The van der Waals surface area contributed by atoms with Crippen LogP contribution in [0.25, 0.3) is 0 Å². The molecule has 2 aromatic rings. The number of methoxy groups -OCH3 is 1. The van der Waals surface area contributed by atoms with Crippen molar-refractivity contribution in [1.29, 1.82) is 0 Å². The molecule has 214 valence electrons. The number of amidine groups is 1. The molecule has 1 aromatic heterocycles. The number of aliphatic imine (C=N–C) groups is 1. The Hall–Kier alpha value is -3.75. The van der Waals surface area contributed by atoms with Gasteiger partial charge in [-0.25, -0.2) is 19.2 Å². The predicted octanol–water partition coefficient (Wildman–Crippen LogP) is 5.38. The van der Waals surface area contributed by atoms with E-state index in [-0.39, 0.29) is 17.1 Å². The second-order valence-electron chi connectivity index (χ2n) is 12.2. The lowest BCUT2D eigenvalue weighted by atomic mass is 9.91. The molecular weight excluding hydrogens is 509 g/mol. The third kappa shape index (κ3) is 5.46. The van der Waals surface area contributed by atoms with Gasteiger partial charge >= 0.3 is 5.97 Å². The first-order chi connectivity index (χ1) is 18.7. The van der Waals surface area contributed by atoms with Gasteiger partial charge in [0, 0.05) is 37.3 Å². The maximum atomic E-state index is 14.4. The lowest BCUT2D eigenvalue weighted by Crippen LogP contribution is -2.62. The highest BCUT2D eigenvalue weighted by molar-refractivity contribution is 5.95. The Morgan fingerprint density at radius 1 is 1.02 bits per heavy atom. The number of halogens is 1. The second-order valence-corrected chi connectivity index (χ2v) is 12.2. The number of rotatable bonds is 4. The van der Waals surface area contributed by atoms with Crippen LogP contribution in [0, 0.1) is 12.7 Å². The first-order valence-corrected chi connectivity index (χ1v) is 13.6. The van der Waals surface area contributed by atoms with Crippen LogP contribution >= 0.6 is 0 Å². The van der Waals surface area contributed by atoms with Crippen molar-refractivity contribution in [2.24, 2.45) is 4.99 Å². The minimum Gasteiger partial charge on any atom is -0.464 e. The molecule has 2 aliphatic heterocycles. The largest absolute Gasteiger partial charge is 0.464 e. The molecule has 1 saturated heterocycles. The Labute approximate surface area is 236 Å². The number of aryl methyl sites for hydroxylation is 1. The highest BCUT2D eigenvalue weighted by Crippen LogP contribution is 2.43. The standard InChI is InChI=1S/C31H40FN5O3/c1-19(2)26(29(39)40-9)33-21(4)35-14-15-37(31(7,8)18-35)28(38)24-12-13-25-27(34-24)30(5,6)17-36(25)22-11-10-20(3)23(32)16-22/h10-13,16H,14-15,17-18H2,1-9H3. The van der Waals surface area contributed by atoms with E-state index in [9.17, 15) is 14.0 Å². The Balaban J connectivity index is 1.57. The third-order valence-corrected chi connectivity index (χ3v) is 7.78. The molecule has 4 rings (SSSR count). The number of benzene rings is 1. The van der Waals surface area contributed by atoms with Crippen LogP contribution in [-0.2, 0) is 14.9 Å². The number of allylic oxidation sites excluding steroid dienone is 1. The van der Waals surface area contributed by atoms with Crippen LogP contribution < -0.4 is 4.90 Å². The smallest absolute Gasteiger partial charge is 0.356 e. The van der Waals surface area contributed by atoms with Crippen molar-refractivity contribution >= 4 is 29.1 Å². The number of piperazine rings is 1. The topological polar surface area (TPSA) is 78.3 Å². The van der Waals surface area contributed by atoms with Crippen LogP contribution in [0.4, 0.5) is 15.8 Å². The van der Waals surface area contributed by atoms with Crippen molar-refractivity contribution in [3.8, 4) is 0 Å². The van der Waals surface area contributed by atoms with E-state index >= 15 is 0 Å². The van der Waals surface area contributed by atoms with Crippen LogP contribution in [0.15, 0.2) is 46.6 Å². The molecule has 0 spiro atoms. The number of carbonyl (C=O) groups is 2. The van der Waals surface area contributed by atoms with E-state index in [2.05, 4.69) is 28.6 Å². The lowest BCUT2D eigenvalue weighted by molar-refractivity contribution is -0.136. The van der Waals surface area contributed by atoms with Gasteiger partial charge in [-0.15, -0.1) is 0 Å². The average Bonchev–Trinajstić information content (AvgIpc) is 3.17. The van der Waals surface area contributed by atoms with Gasteiger partial charge < -0.3 is 19.4 Å². The van der Waals surface area contributed by atoms with E-state index in [0.29, 0.717) is 49.0 Å². The van der Waals surface area contributed by atoms with Gasteiger partial charge in [-0.3, -0.25) is 4.79 Å². The zero-order valence-electron chi connectivity index (χ0n) is 25.1. The van der Waals surface area contributed by atoms with Crippen molar-refractivity contribution in [3.63, 3.8) is 0 Å². The van der Waals surface area contributed by atoms with Crippen molar-refractivity contribution in [1.82, 2.24) is 14.8 Å². The van der Waals surface area contributed by atoms with Crippen LogP contribution in [0.5, 0.6) is 0 Å². The summed E-state index contributed by atoms with van der Waals surface area (Å²) in [6.45, 7) is 17.8. The predicted molar refractivity (Wildman–Crippen MR) is 156 cm³/mol. The highest BCUT2D eigenvalue weighted by atomic mass is 19.1. The van der Waals surface area contributed by atoms with Crippen molar-refractivity contribution < 1.29 is 18.7 Å². The van der Waals surface area contributed by atoms with Gasteiger partial charge in [-0.05, 0) is 76.9 Å². The van der Waals surface area contributed by atoms with E-state index in [1.165, 1.54) is 7.11 Å². The fourth-order valence-corrected chi connectivity index (χ4v) is 5.46.